The molecule has 1 unspecified atom stereocenters. The minimum Gasteiger partial charge on any atom is -0.454 e. The van der Waals surface area contributed by atoms with Crippen molar-refractivity contribution in [3.05, 3.63) is 64.4 Å². The van der Waals surface area contributed by atoms with Gasteiger partial charge in [-0.2, -0.15) is 0 Å². The second-order valence-electron chi connectivity index (χ2n) is 6.99. The maximum atomic E-state index is 13.3. The largest absolute Gasteiger partial charge is 0.454 e. The summed E-state index contributed by atoms with van der Waals surface area (Å²) in [5.41, 5.74) is 2.21. The fourth-order valence-corrected chi connectivity index (χ4v) is 4.06. The standard InChI is InChI=1S/C22H18O5/c1-2-3-6-12-15-9-17-18(26-11-25-17)10-16(15)27-22-19(12)20(23)13-7-4-5-8-14(13)21(22)24/h4-5,7-10,12H,2-3,6,11H2,1H3. The van der Waals surface area contributed by atoms with Crippen molar-refractivity contribution in [1.29, 1.82) is 0 Å². The number of hydrogen-bond acceptors (Lipinski definition) is 5. The third kappa shape index (κ3) is 2.31. The first-order chi connectivity index (χ1) is 13.2. The van der Waals surface area contributed by atoms with Gasteiger partial charge in [0.2, 0.25) is 12.6 Å². The van der Waals surface area contributed by atoms with E-state index in [2.05, 4.69) is 6.92 Å². The van der Waals surface area contributed by atoms with E-state index in [0.717, 1.165) is 24.8 Å². The summed E-state index contributed by atoms with van der Waals surface area (Å²) in [6, 6.07) is 10.6. The smallest absolute Gasteiger partial charge is 0.231 e. The minimum absolute atomic E-state index is 0.121. The second kappa shape index (κ2) is 5.98. The van der Waals surface area contributed by atoms with Crippen LogP contribution in [0.5, 0.6) is 17.2 Å². The predicted octanol–water partition coefficient (Wildman–Crippen LogP) is 4.41. The molecular formula is C22H18O5. The third-order valence-corrected chi connectivity index (χ3v) is 5.40. The fraction of sp³-hybridized carbons (Fsp3) is 0.273. The molecular weight excluding hydrogens is 344 g/mol. The number of carbonyl (C=O) groups excluding carboxylic acids is 2. The molecule has 0 aromatic heterocycles. The molecule has 5 rings (SSSR count). The average Bonchev–Trinajstić information content (AvgIpc) is 3.15. The maximum absolute atomic E-state index is 13.3. The van der Waals surface area contributed by atoms with Gasteiger partial charge in [0.25, 0.3) is 0 Å². The van der Waals surface area contributed by atoms with E-state index in [0.29, 0.717) is 33.9 Å². The quantitative estimate of drug-likeness (QED) is 0.809. The average molecular weight is 362 g/mol. The lowest BCUT2D eigenvalue weighted by Gasteiger charge is -2.32. The van der Waals surface area contributed by atoms with Crippen LogP contribution < -0.4 is 14.2 Å². The molecule has 0 radical (unpaired) electrons. The van der Waals surface area contributed by atoms with Crippen LogP contribution in [0, 0.1) is 0 Å². The molecule has 27 heavy (non-hydrogen) atoms. The van der Waals surface area contributed by atoms with Crippen LogP contribution in [0.25, 0.3) is 0 Å². The van der Waals surface area contributed by atoms with E-state index in [4.69, 9.17) is 14.2 Å². The fourth-order valence-electron chi connectivity index (χ4n) is 4.06. The lowest BCUT2D eigenvalue weighted by atomic mass is 9.76. The molecule has 5 nitrogen and oxygen atoms in total. The lowest BCUT2D eigenvalue weighted by Crippen LogP contribution is -2.31. The first-order valence-corrected chi connectivity index (χ1v) is 9.23. The van der Waals surface area contributed by atoms with E-state index in [-0.39, 0.29) is 30.0 Å². The molecule has 5 heteroatoms. The molecule has 0 saturated heterocycles. The van der Waals surface area contributed by atoms with Gasteiger partial charge in [-0.15, -0.1) is 0 Å². The van der Waals surface area contributed by atoms with Crippen molar-refractivity contribution >= 4 is 11.6 Å². The number of hydrogen-bond donors (Lipinski definition) is 0. The van der Waals surface area contributed by atoms with Crippen molar-refractivity contribution in [2.45, 2.75) is 32.1 Å². The van der Waals surface area contributed by atoms with Crippen molar-refractivity contribution in [3.63, 3.8) is 0 Å². The highest BCUT2D eigenvalue weighted by Gasteiger charge is 2.42. The Morgan fingerprint density at radius 2 is 1.67 bits per heavy atom. The van der Waals surface area contributed by atoms with Crippen LogP contribution >= 0.6 is 0 Å². The Morgan fingerprint density at radius 1 is 0.963 bits per heavy atom. The van der Waals surface area contributed by atoms with Gasteiger partial charge < -0.3 is 14.2 Å². The Kier molecular flexibility index (Phi) is 3.57. The molecule has 0 spiro atoms. The topological polar surface area (TPSA) is 61.8 Å². The van der Waals surface area contributed by atoms with Crippen molar-refractivity contribution in [1.82, 2.24) is 0 Å². The monoisotopic (exact) mass is 362 g/mol. The van der Waals surface area contributed by atoms with Gasteiger partial charge >= 0.3 is 0 Å². The summed E-state index contributed by atoms with van der Waals surface area (Å²) in [5, 5.41) is 0. The summed E-state index contributed by atoms with van der Waals surface area (Å²) in [5.74, 6) is 1.43. The van der Waals surface area contributed by atoms with Crippen molar-refractivity contribution in [3.8, 4) is 17.2 Å². The summed E-state index contributed by atoms with van der Waals surface area (Å²) in [7, 11) is 0. The van der Waals surface area contributed by atoms with Crippen molar-refractivity contribution < 1.29 is 23.8 Å². The molecule has 0 bridgehead atoms. The third-order valence-electron chi connectivity index (χ3n) is 5.40. The summed E-state index contributed by atoms with van der Waals surface area (Å²) >= 11 is 0. The van der Waals surface area contributed by atoms with Crippen LogP contribution in [-0.2, 0) is 0 Å². The highest BCUT2D eigenvalue weighted by atomic mass is 16.7. The number of fused-ring (bicyclic) bond motifs is 3. The predicted molar refractivity (Wildman–Crippen MR) is 97.6 cm³/mol. The Balaban J connectivity index is 1.69. The van der Waals surface area contributed by atoms with E-state index in [9.17, 15) is 9.59 Å². The Hall–Kier alpha value is -3.08. The van der Waals surface area contributed by atoms with E-state index < -0.39 is 0 Å². The molecule has 0 saturated carbocycles. The Labute approximate surface area is 156 Å². The zero-order valence-electron chi connectivity index (χ0n) is 14.9. The van der Waals surface area contributed by atoms with Crippen molar-refractivity contribution in [2.24, 2.45) is 0 Å². The molecule has 2 aromatic carbocycles. The number of unbranched alkanes of at least 4 members (excludes halogenated alkanes) is 1. The number of carbonyl (C=O) groups is 2. The minimum atomic E-state index is -0.231. The summed E-state index contributed by atoms with van der Waals surface area (Å²) in [6.07, 6.45) is 2.71. The molecule has 136 valence electrons. The van der Waals surface area contributed by atoms with Gasteiger partial charge in [0.05, 0.1) is 5.57 Å². The first-order valence-electron chi connectivity index (χ1n) is 9.23. The molecule has 1 atom stereocenters. The molecule has 0 amide bonds. The Bertz CT molecular complexity index is 1020. The number of ether oxygens (including phenoxy) is 3. The molecule has 3 aliphatic rings. The zero-order valence-corrected chi connectivity index (χ0v) is 14.9. The zero-order chi connectivity index (χ0) is 18.5. The van der Waals surface area contributed by atoms with E-state index in [1.54, 1.807) is 30.3 Å². The first kappa shape index (κ1) is 16.1. The van der Waals surface area contributed by atoms with Gasteiger partial charge in [-0.1, -0.05) is 44.0 Å². The SMILES string of the molecule is CCCCC1C2=C(Oc3cc4c(cc31)OCO4)C(=O)c1ccccc1C2=O. The highest BCUT2D eigenvalue weighted by molar-refractivity contribution is 6.27. The maximum Gasteiger partial charge on any atom is 0.231 e. The number of rotatable bonds is 3. The second-order valence-corrected chi connectivity index (χ2v) is 6.99. The van der Waals surface area contributed by atoms with Gasteiger partial charge in [0.1, 0.15) is 5.75 Å². The lowest BCUT2D eigenvalue weighted by molar-refractivity contribution is 0.0924. The summed E-state index contributed by atoms with van der Waals surface area (Å²) in [6.45, 7) is 2.27. The molecule has 2 heterocycles. The molecule has 0 fully saturated rings. The van der Waals surface area contributed by atoms with Gasteiger partial charge in [-0.3, -0.25) is 9.59 Å². The van der Waals surface area contributed by atoms with Crippen LogP contribution in [0.4, 0.5) is 0 Å². The van der Waals surface area contributed by atoms with E-state index in [1.807, 2.05) is 6.07 Å². The van der Waals surface area contributed by atoms with Crippen LogP contribution in [-0.4, -0.2) is 18.4 Å². The van der Waals surface area contributed by atoms with Crippen LogP contribution in [0.15, 0.2) is 47.7 Å². The number of ketones is 2. The van der Waals surface area contributed by atoms with Gasteiger partial charge in [0, 0.05) is 28.7 Å². The molecule has 0 N–H and O–H groups in total. The molecule has 2 aliphatic heterocycles. The number of Topliss-reactive ketones (excluding diaryl/α,β-unsaturated/α-hetero) is 2. The van der Waals surface area contributed by atoms with E-state index >= 15 is 0 Å². The van der Waals surface area contributed by atoms with Crippen LogP contribution in [0.2, 0.25) is 0 Å². The van der Waals surface area contributed by atoms with Crippen LogP contribution in [0.3, 0.4) is 0 Å². The van der Waals surface area contributed by atoms with Gasteiger partial charge in [-0.05, 0) is 12.5 Å². The summed E-state index contributed by atoms with van der Waals surface area (Å²) < 4.78 is 16.9. The van der Waals surface area contributed by atoms with E-state index in [1.165, 1.54) is 0 Å². The number of allylic oxidation sites excluding steroid dienone is 2. The Morgan fingerprint density at radius 3 is 2.41 bits per heavy atom. The number of benzene rings is 2. The summed E-state index contributed by atoms with van der Waals surface area (Å²) in [4.78, 5) is 26.3. The van der Waals surface area contributed by atoms with Crippen LogP contribution in [0.1, 0.15) is 58.4 Å². The van der Waals surface area contributed by atoms with Gasteiger partial charge in [-0.25, -0.2) is 0 Å². The highest BCUT2D eigenvalue weighted by Crippen LogP contribution is 2.50. The molecule has 2 aromatic rings. The van der Waals surface area contributed by atoms with Crippen molar-refractivity contribution in [2.75, 3.05) is 6.79 Å². The van der Waals surface area contributed by atoms with Gasteiger partial charge in [0.15, 0.2) is 23.0 Å². The normalized spacial score (nSPS) is 19.4. The molecule has 1 aliphatic carbocycles.